The van der Waals surface area contributed by atoms with Crippen LogP contribution in [0.25, 0.3) is 0 Å². The number of carbonyl (C=O) groups excluding carboxylic acids is 2. The van der Waals surface area contributed by atoms with Gasteiger partial charge in [0.1, 0.15) is 12.2 Å². The lowest BCUT2D eigenvalue weighted by molar-refractivity contribution is -0.138. The minimum Gasteiger partial charge on any atom is -0.353 e. The molecule has 0 unspecified atom stereocenters. The van der Waals surface area contributed by atoms with Gasteiger partial charge in [-0.25, -0.2) is 0 Å². The van der Waals surface area contributed by atoms with Crippen LogP contribution in [0.3, 0.4) is 0 Å². The van der Waals surface area contributed by atoms with Gasteiger partial charge in [-0.05, 0) is 79.7 Å². The van der Waals surface area contributed by atoms with Crippen molar-refractivity contribution in [3.05, 3.63) is 88.5 Å². The second-order valence-corrected chi connectivity index (χ2v) is 12.6. The van der Waals surface area contributed by atoms with E-state index in [4.69, 9.17) is 6.42 Å². The highest BCUT2D eigenvalue weighted by Gasteiger charge is 2.48. The number of terminal acetylenes is 1. The van der Waals surface area contributed by atoms with Crippen LogP contribution in [-0.4, -0.2) is 64.7 Å². The van der Waals surface area contributed by atoms with Gasteiger partial charge in [0.2, 0.25) is 5.91 Å². The number of nitrogens with zero attached hydrogens (tertiary/aromatic N) is 5. The third-order valence-corrected chi connectivity index (χ3v) is 8.86. The van der Waals surface area contributed by atoms with Gasteiger partial charge in [-0.1, -0.05) is 31.1 Å². The van der Waals surface area contributed by atoms with Crippen LogP contribution < -0.4 is 15.5 Å². The Labute approximate surface area is 273 Å². The first-order valence-electron chi connectivity index (χ1n) is 15.7. The molecule has 1 fully saturated rings. The number of hydrogen-bond donors (Lipinski definition) is 2. The fourth-order valence-electron chi connectivity index (χ4n) is 6.67. The van der Waals surface area contributed by atoms with E-state index in [-0.39, 0.29) is 35.5 Å². The molecule has 2 aliphatic rings. The summed E-state index contributed by atoms with van der Waals surface area (Å²) < 4.78 is 44.8. The first-order valence-corrected chi connectivity index (χ1v) is 15.7. The number of aromatic nitrogens is 3. The van der Waals surface area contributed by atoms with E-state index in [2.05, 4.69) is 33.7 Å². The van der Waals surface area contributed by atoms with Gasteiger partial charge < -0.3 is 20.1 Å². The summed E-state index contributed by atoms with van der Waals surface area (Å²) in [5.41, 5.74) is 0.766. The average molecular weight is 648 g/mol. The lowest BCUT2D eigenvalue weighted by Crippen LogP contribution is -2.43. The zero-order valence-electron chi connectivity index (χ0n) is 26.9. The number of likely N-dealkylation sites (N-methyl/N-ethyl adjacent to an activating group) is 1. The van der Waals surface area contributed by atoms with Gasteiger partial charge >= 0.3 is 6.18 Å². The Bertz CT molecular complexity index is 1680. The van der Waals surface area contributed by atoms with Crippen LogP contribution in [-0.2, 0) is 36.5 Å². The van der Waals surface area contributed by atoms with E-state index < -0.39 is 17.6 Å². The standard InChI is InChI=1S/C35H40F3N7O2/c1-5-14-43(3)15-7-11-31(46)40-13-8-12-39-21-25-16-28-29(30(17-25)35(36,37)38)22-45(32(28)47)27-10-6-9-26(18-27)34(19-24(2)20-34)33-42-41-23-44(33)4/h1,6-7,9-11,16-18,23-24,39H,8,12-15,19-22H2,2-4H3,(H,40,46)/b11-7+. The summed E-state index contributed by atoms with van der Waals surface area (Å²) in [5, 5.41) is 14.4. The van der Waals surface area contributed by atoms with Crippen LogP contribution in [0.4, 0.5) is 18.9 Å². The van der Waals surface area contributed by atoms with Crippen LogP contribution in [0.1, 0.15) is 64.6 Å². The molecule has 0 saturated heterocycles. The van der Waals surface area contributed by atoms with E-state index in [1.54, 1.807) is 24.5 Å². The van der Waals surface area contributed by atoms with Gasteiger partial charge in [-0.3, -0.25) is 14.5 Å². The van der Waals surface area contributed by atoms with Gasteiger partial charge in [0.05, 0.1) is 24.1 Å². The molecule has 3 aromatic rings. The van der Waals surface area contributed by atoms with Crippen molar-refractivity contribution >= 4 is 17.5 Å². The predicted molar refractivity (Wildman–Crippen MR) is 173 cm³/mol. The first kappa shape index (κ1) is 33.9. The van der Waals surface area contributed by atoms with Crippen molar-refractivity contribution in [1.82, 2.24) is 30.3 Å². The summed E-state index contributed by atoms with van der Waals surface area (Å²) in [6.45, 7) is 4.05. The molecule has 1 aliphatic carbocycles. The number of rotatable bonds is 13. The van der Waals surface area contributed by atoms with E-state index in [9.17, 15) is 22.8 Å². The second-order valence-electron chi connectivity index (χ2n) is 12.6. The largest absolute Gasteiger partial charge is 0.416 e. The molecule has 47 heavy (non-hydrogen) atoms. The maximum atomic E-state index is 14.3. The molecule has 12 heteroatoms. The first-order chi connectivity index (χ1) is 22.4. The maximum absolute atomic E-state index is 14.3. The molecule has 1 saturated carbocycles. The molecular formula is C35H40F3N7O2. The number of halogens is 3. The molecular weight excluding hydrogens is 607 g/mol. The van der Waals surface area contributed by atoms with Crippen molar-refractivity contribution in [2.75, 3.05) is 38.1 Å². The van der Waals surface area contributed by atoms with Crippen molar-refractivity contribution in [2.45, 2.75) is 50.9 Å². The normalized spacial score (nSPS) is 19.2. The quantitative estimate of drug-likeness (QED) is 0.162. The van der Waals surface area contributed by atoms with E-state index >= 15 is 0 Å². The van der Waals surface area contributed by atoms with E-state index in [1.165, 1.54) is 11.0 Å². The SMILES string of the molecule is C#CCN(C)C/C=C/C(=O)NCCCNCc1cc2c(c(C(F)(F)F)c1)CN(c1cccc(C3(c4nncn4C)CC(C)C3)c1)C2=O. The number of nitrogens with one attached hydrogen (secondary N) is 2. The van der Waals surface area contributed by atoms with Crippen LogP contribution in [0, 0.1) is 18.3 Å². The molecule has 5 rings (SSSR count). The molecule has 2 heterocycles. The Morgan fingerprint density at radius 3 is 2.70 bits per heavy atom. The lowest BCUT2D eigenvalue weighted by atomic mass is 9.58. The summed E-state index contributed by atoms with van der Waals surface area (Å²) in [4.78, 5) is 29.0. The highest BCUT2D eigenvalue weighted by atomic mass is 19.4. The molecule has 0 bridgehead atoms. The number of anilines is 1. The lowest BCUT2D eigenvalue weighted by Gasteiger charge is -2.46. The van der Waals surface area contributed by atoms with E-state index in [1.807, 2.05) is 41.8 Å². The van der Waals surface area contributed by atoms with Gasteiger partial charge in [0, 0.05) is 44.0 Å². The Morgan fingerprint density at radius 2 is 2.02 bits per heavy atom. The zero-order valence-corrected chi connectivity index (χ0v) is 26.9. The summed E-state index contributed by atoms with van der Waals surface area (Å²) >= 11 is 0. The van der Waals surface area contributed by atoms with Gasteiger partial charge in [-0.15, -0.1) is 16.6 Å². The van der Waals surface area contributed by atoms with E-state index in [0.29, 0.717) is 49.8 Å². The molecule has 2 N–H and O–H groups in total. The maximum Gasteiger partial charge on any atom is 0.416 e. The monoisotopic (exact) mass is 647 g/mol. The van der Waals surface area contributed by atoms with Crippen molar-refractivity contribution in [2.24, 2.45) is 13.0 Å². The smallest absolute Gasteiger partial charge is 0.353 e. The van der Waals surface area contributed by atoms with Crippen LogP contribution in [0.5, 0.6) is 0 Å². The van der Waals surface area contributed by atoms with E-state index in [0.717, 1.165) is 30.3 Å². The average Bonchev–Trinajstić information content (AvgIpc) is 3.59. The fourth-order valence-corrected chi connectivity index (χ4v) is 6.67. The predicted octanol–water partition coefficient (Wildman–Crippen LogP) is 4.43. The number of amides is 2. The summed E-state index contributed by atoms with van der Waals surface area (Å²) in [6, 6.07) is 10.2. The Balaban J connectivity index is 1.24. The van der Waals surface area contributed by atoms with Crippen LogP contribution in [0.2, 0.25) is 0 Å². The van der Waals surface area contributed by atoms with Gasteiger partial charge in [0.25, 0.3) is 5.91 Å². The molecule has 2 amide bonds. The summed E-state index contributed by atoms with van der Waals surface area (Å²) in [6.07, 6.45) is 7.77. The van der Waals surface area contributed by atoms with Crippen LogP contribution in [0.15, 0.2) is 54.9 Å². The molecule has 1 aliphatic heterocycles. The number of alkyl halides is 3. The number of benzene rings is 2. The third-order valence-electron chi connectivity index (χ3n) is 8.86. The van der Waals surface area contributed by atoms with Crippen molar-refractivity contribution in [3.63, 3.8) is 0 Å². The van der Waals surface area contributed by atoms with Gasteiger partial charge in [0.15, 0.2) is 0 Å². The number of aryl methyl sites for hydroxylation is 1. The van der Waals surface area contributed by atoms with Crippen LogP contribution >= 0.6 is 0 Å². The topological polar surface area (TPSA) is 95.4 Å². The number of carbonyl (C=O) groups is 2. The van der Waals surface area contributed by atoms with Crippen molar-refractivity contribution in [3.8, 4) is 12.3 Å². The zero-order chi connectivity index (χ0) is 33.8. The minimum absolute atomic E-state index is 0.0156. The molecule has 2 aromatic carbocycles. The Morgan fingerprint density at radius 1 is 1.23 bits per heavy atom. The molecule has 0 spiro atoms. The Kier molecular flexibility index (Phi) is 10.2. The molecule has 1 aromatic heterocycles. The molecule has 248 valence electrons. The molecule has 9 nitrogen and oxygen atoms in total. The van der Waals surface area contributed by atoms with Gasteiger partial charge in [-0.2, -0.15) is 13.2 Å². The highest BCUT2D eigenvalue weighted by molar-refractivity contribution is 6.10. The minimum atomic E-state index is -4.62. The number of hydrogen-bond acceptors (Lipinski definition) is 6. The number of fused-ring (bicyclic) bond motifs is 1. The van der Waals surface area contributed by atoms with Crippen molar-refractivity contribution < 1.29 is 22.8 Å². The third kappa shape index (κ3) is 7.42. The Hall–Kier alpha value is -4.47. The summed E-state index contributed by atoms with van der Waals surface area (Å²) in [5.74, 6) is 3.15. The fraction of sp³-hybridized carbons (Fsp3) is 0.429. The second kappa shape index (κ2) is 14.1. The summed E-state index contributed by atoms with van der Waals surface area (Å²) in [7, 11) is 3.75. The molecule has 0 atom stereocenters. The molecule has 0 radical (unpaired) electrons. The highest BCUT2D eigenvalue weighted by Crippen LogP contribution is 2.52. The van der Waals surface area contributed by atoms with Crippen molar-refractivity contribution in [1.29, 1.82) is 0 Å².